The van der Waals surface area contributed by atoms with E-state index in [4.69, 9.17) is 0 Å². The molecule has 0 unspecified atom stereocenters. The first-order valence-electron chi connectivity index (χ1n) is 4.84. The van der Waals surface area contributed by atoms with Crippen molar-refractivity contribution in [3.63, 3.8) is 0 Å². The fraction of sp³-hybridized carbons (Fsp3) is 0.400. The number of nitrogens with one attached hydrogen (secondary N) is 1. The summed E-state index contributed by atoms with van der Waals surface area (Å²) in [7, 11) is -3.86. The van der Waals surface area contributed by atoms with Crippen molar-refractivity contribution in [1.82, 2.24) is 4.72 Å². The zero-order chi connectivity index (χ0) is 13.1. The van der Waals surface area contributed by atoms with Gasteiger partial charge in [0.25, 0.3) is 0 Å². The zero-order valence-electron chi connectivity index (χ0n) is 9.08. The molecule has 1 rings (SSSR count). The van der Waals surface area contributed by atoms with Crippen molar-refractivity contribution in [2.24, 2.45) is 0 Å². The Labute approximate surface area is 97.7 Å². The third-order valence-electron chi connectivity index (χ3n) is 2.08. The highest BCUT2D eigenvalue weighted by atomic mass is 32.2. The highest BCUT2D eigenvalue weighted by Crippen LogP contribution is 2.19. The van der Waals surface area contributed by atoms with Crippen LogP contribution in [0.4, 0.5) is 13.2 Å². The maximum atomic E-state index is 11.9. The highest BCUT2D eigenvalue weighted by molar-refractivity contribution is 7.89. The van der Waals surface area contributed by atoms with Crippen LogP contribution in [0.3, 0.4) is 0 Å². The first kappa shape index (κ1) is 14.0. The summed E-state index contributed by atoms with van der Waals surface area (Å²) in [5.41, 5.74) is 0.493. The van der Waals surface area contributed by atoms with E-state index in [1.165, 1.54) is 12.1 Å². The van der Waals surface area contributed by atoms with Gasteiger partial charge in [0.1, 0.15) is 0 Å². The minimum Gasteiger partial charge on any atom is -0.211 e. The standard InChI is InChI=1S/C10H12F3NO2S/c1-8-4-2-3-5-9(8)17(15,16)14-7-6-10(11,12)13/h2-5,14H,6-7H2,1H3. The number of hydrogen-bond acceptors (Lipinski definition) is 2. The fourth-order valence-electron chi connectivity index (χ4n) is 1.26. The lowest BCUT2D eigenvalue weighted by molar-refractivity contribution is -0.132. The molecule has 0 spiro atoms. The number of rotatable bonds is 4. The predicted octanol–water partition coefficient (Wildman–Crippen LogP) is 2.23. The number of alkyl halides is 3. The van der Waals surface area contributed by atoms with Crippen LogP contribution >= 0.6 is 0 Å². The lowest BCUT2D eigenvalue weighted by Gasteiger charge is -2.10. The van der Waals surface area contributed by atoms with Crippen molar-refractivity contribution in [3.05, 3.63) is 29.8 Å². The third kappa shape index (κ3) is 4.35. The van der Waals surface area contributed by atoms with E-state index in [-0.39, 0.29) is 4.90 Å². The molecule has 0 bridgehead atoms. The summed E-state index contributed by atoms with van der Waals surface area (Å²) >= 11 is 0. The molecule has 0 aliphatic rings. The average molecular weight is 267 g/mol. The van der Waals surface area contributed by atoms with Crippen molar-refractivity contribution >= 4 is 10.0 Å². The first-order valence-corrected chi connectivity index (χ1v) is 6.33. The molecular weight excluding hydrogens is 255 g/mol. The summed E-state index contributed by atoms with van der Waals surface area (Å²) in [6.45, 7) is 0.929. The van der Waals surface area contributed by atoms with Crippen molar-refractivity contribution in [1.29, 1.82) is 0 Å². The van der Waals surface area contributed by atoms with E-state index in [0.29, 0.717) is 5.56 Å². The van der Waals surface area contributed by atoms with Crippen LogP contribution < -0.4 is 4.72 Å². The van der Waals surface area contributed by atoms with Gasteiger partial charge in [0.2, 0.25) is 10.0 Å². The topological polar surface area (TPSA) is 46.2 Å². The molecule has 0 aromatic heterocycles. The molecule has 17 heavy (non-hydrogen) atoms. The molecule has 1 N–H and O–H groups in total. The summed E-state index contributed by atoms with van der Waals surface area (Å²) < 4.78 is 60.9. The Hall–Kier alpha value is -1.08. The largest absolute Gasteiger partial charge is 0.390 e. The van der Waals surface area contributed by atoms with Crippen LogP contribution in [0.1, 0.15) is 12.0 Å². The first-order chi connectivity index (χ1) is 7.72. The van der Waals surface area contributed by atoms with Gasteiger partial charge in [0, 0.05) is 6.54 Å². The Morgan fingerprint density at radius 3 is 2.35 bits per heavy atom. The number of halogens is 3. The third-order valence-corrected chi connectivity index (χ3v) is 3.70. The Balaban J connectivity index is 2.74. The van der Waals surface area contributed by atoms with Gasteiger partial charge in [0.15, 0.2) is 0 Å². The predicted molar refractivity (Wildman–Crippen MR) is 57.0 cm³/mol. The smallest absolute Gasteiger partial charge is 0.211 e. The summed E-state index contributed by atoms with van der Waals surface area (Å²) in [5, 5.41) is 0. The van der Waals surface area contributed by atoms with Crippen molar-refractivity contribution in [2.45, 2.75) is 24.4 Å². The second-order valence-electron chi connectivity index (χ2n) is 3.53. The Morgan fingerprint density at radius 2 is 1.82 bits per heavy atom. The van der Waals surface area contributed by atoms with Gasteiger partial charge in [-0.3, -0.25) is 0 Å². The molecule has 0 radical (unpaired) electrons. The molecule has 96 valence electrons. The molecule has 0 atom stereocenters. The van der Waals surface area contributed by atoms with Gasteiger partial charge < -0.3 is 0 Å². The quantitative estimate of drug-likeness (QED) is 0.909. The average Bonchev–Trinajstić information content (AvgIpc) is 2.15. The lowest BCUT2D eigenvalue weighted by Crippen LogP contribution is -2.28. The van der Waals surface area contributed by atoms with Gasteiger partial charge in [-0.1, -0.05) is 18.2 Å². The summed E-state index contributed by atoms with van der Waals surface area (Å²) in [4.78, 5) is 0.00201. The van der Waals surface area contributed by atoms with Crippen molar-refractivity contribution in [3.8, 4) is 0 Å². The molecule has 0 saturated carbocycles. The highest BCUT2D eigenvalue weighted by Gasteiger charge is 2.27. The summed E-state index contributed by atoms with van der Waals surface area (Å²) in [6.07, 6.45) is -5.55. The molecule has 3 nitrogen and oxygen atoms in total. The molecular formula is C10H12F3NO2S. The Morgan fingerprint density at radius 1 is 1.24 bits per heavy atom. The van der Waals surface area contributed by atoms with E-state index < -0.39 is 29.2 Å². The van der Waals surface area contributed by atoms with E-state index >= 15 is 0 Å². The van der Waals surface area contributed by atoms with Gasteiger partial charge in [-0.15, -0.1) is 0 Å². The minimum atomic E-state index is -4.37. The molecule has 1 aromatic rings. The Kier molecular flexibility index (Phi) is 4.16. The van der Waals surface area contributed by atoms with Crippen LogP contribution in [0, 0.1) is 6.92 Å². The van der Waals surface area contributed by atoms with E-state index in [9.17, 15) is 21.6 Å². The maximum Gasteiger partial charge on any atom is 0.390 e. The molecule has 0 heterocycles. The number of sulfonamides is 1. The van der Waals surface area contributed by atoms with Crippen LogP contribution in [0.25, 0.3) is 0 Å². The molecule has 0 saturated heterocycles. The Bertz CT molecular complexity index is 483. The molecule has 7 heteroatoms. The number of benzene rings is 1. The molecule has 0 amide bonds. The van der Waals surface area contributed by atoms with E-state index in [1.807, 2.05) is 4.72 Å². The lowest BCUT2D eigenvalue weighted by atomic mass is 10.2. The summed E-state index contributed by atoms with van der Waals surface area (Å²) in [5.74, 6) is 0. The van der Waals surface area contributed by atoms with Gasteiger partial charge in [-0.2, -0.15) is 13.2 Å². The second-order valence-corrected chi connectivity index (χ2v) is 5.26. The van der Waals surface area contributed by atoms with Gasteiger partial charge in [0.05, 0.1) is 11.3 Å². The van der Waals surface area contributed by atoms with Crippen molar-refractivity contribution < 1.29 is 21.6 Å². The number of hydrogen-bond donors (Lipinski definition) is 1. The second kappa shape index (κ2) is 5.05. The van der Waals surface area contributed by atoms with E-state index in [2.05, 4.69) is 0 Å². The molecule has 0 aliphatic heterocycles. The fourth-order valence-corrected chi connectivity index (χ4v) is 2.54. The van der Waals surface area contributed by atoms with Crippen LogP contribution in [0.2, 0.25) is 0 Å². The van der Waals surface area contributed by atoms with Gasteiger partial charge >= 0.3 is 6.18 Å². The monoisotopic (exact) mass is 267 g/mol. The molecule has 0 aliphatic carbocycles. The molecule has 0 fully saturated rings. The maximum absolute atomic E-state index is 11.9. The summed E-state index contributed by atoms with van der Waals surface area (Å²) in [6, 6.07) is 6.11. The van der Waals surface area contributed by atoms with Gasteiger partial charge in [-0.05, 0) is 18.6 Å². The van der Waals surface area contributed by atoms with E-state index in [1.54, 1.807) is 19.1 Å². The van der Waals surface area contributed by atoms with Crippen LogP contribution in [0.15, 0.2) is 29.2 Å². The van der Waals surface area contributed by atoms with Crippen LogP contribution in [-0.2, 0) is 10.0 Å². The van der Waals surface area contributed by atoms with E-state index in [0.717, 1.165) is 0 Å². The SMILES string of the molecule is Cc1ccccc1S(=O)(=O)NCCC(F)(F)F. The minimum absolute atomic E-state index is 0.00201. The van der Waals surface area contributed by atoms with Crippen molar-refractivity contribution in [2.75, 3.05) is 6.54 Å². The normalized spacial score (nSPS) is 12.7. The molecule has 1 aromatic carbocycles. The van der Waals surface area contributed by atoms with Crippen LogP contribution in [-0.4, -0.2) is 21.1 Å². The van der Waals surface area contributed by atoms with Crippen LogP contribution in [0.5, 0.6) is 0 Å². The number of aryl methyl sites for hydroxylation is 1. The zero-order valence-corrected chi connectivity index (χ0v) is 9.90. The van der Waals surface area contributed by atoms with Gasteiger partial charge in [-0.25, -0.2) is 13.1 Å².